The molecule has 1 aromatic carbocycles. The molecule has 0 saturated heterocycles. The van der Waals surface area contributed by atoms with E-state index in [1.165, 1.54) is 0 Å². The molecule has 0 radical (unpaired) electrons. The SMILES string of the molecule is COc1cc(N)c(O)c(C)c1C. The molecule has 0 heterocycles. The van der Waals surface area contributed by atoms with Crippen LogP contribution < -0.4 is 10.5 Å². The number of hydrogen-bond acceptors (Lipinski definition) is 3. The van der Waals surface area contributed by atoms with Crippen molar-refractivity contribution in [3.63, 3.8) is 0 Å². The van der Waals surface area contributed by atoms with Gasteiger partial charge in [-0.25, -0.2) is 0 Å². The number of ether oxygens (including phenoxy) is 1. The third kappa shape index (κ3) is 1.18. The van der Waals surface area contributed by atoms with E-state index >= 15 is 0 Å². The summed E-state index contributed by atoms with van der Waals surface area (Å²) in [5.41, 5.74) is 7.58. The van der Waals surface area contributed by atoms with E-state index in [1.807, 2.05) is 13.8 Å². The molecule has 0 atom stereocenters. The van der Waals surface area contributed by atoms with Crippen LogP contribution in [0.4, 0.5) is 5.69 Å². The fourth-order valence-corrected chi connectivity index (χ4v) is 1.11. The number of anilines is 1. The predicted octanol–water partition coefficient (Wildman–Crippen LogP) is 1.60. The van der Waals surface area contributed by atoms with E-state index in [0.29, 0.717) is 11.4 Å². The van der Waals surface area contributed by atoms with Crippen LogP contribution in [0.5, 0.6) is 11.5 Å². The van der Waals surface area contributed by atoms with Crippen LogP contribution in [0.2, 0.25) is 0 Å². The zero-order chi connectivity index (χ0) is 9.30. The number of nitrogen functional groups attached to an aromatic ring is 1. The maximum Gasteiger partial charge on any atom is 0.141 e. The molecule has 0 unspecified atom stereocenters. The molecule has 1 rings (SSSR count). The van der Waals surface area contributed by atoms with Crippen LogP contribution in [-0.2, 0) is 0 Å². The normalized spacial score (nSPS) is 9.92. The van der Waals surface area contributed by atoms with Crippen molar-refractivity contribution < 1.29 is 9.84 Å². The van der Waals surface area contributed by atoms with Crippen LogP contribution in [0.25, 0.3) is 0 Å². The highest BCUT2D eigenvalue weighted by Gasteiger charge is 2.09. The Kier molecular flexibility index (Phi) is 2.13. The Balaban J connectivity index is 3.39. The van der Waals surface area contributed by atoms with Crippen molar-refractivity contribution in [2.24, 2.45) is 0 Å². The number of phenols is 1. The summed E-state index contributed by atoms with van der Waals surface area (Å²) < 4.78 is 5.07. The highest BCUT2D eigenvalue weighted by Crippen LogP contribution is 2.33. The number of nitrogens with two attached hydrogens (primary N) is 1. The maximum absolute atomic E-state index is 9.43. The van der Waals surface area contributed by atoms with Crippen molar-refractivity contribution in [1.29, 1.82) is 0 Å². The number of aromatic hydroxyl groups is 1. The molecule has 0 spiro atoms. The minimum absolute atomic E-state index is 0.147. The summed E-state index contributed by atoms with van der Waals surface area (Å²) in [5.74, 6) is 0.858. The molecule has 0 aliphatic heterocycles. The van der Waals surface area contributed by atoms with Gasteiger partial charge in [0.25, 0.3) is 0 Å². The van der Waals surface area contributed by atoms with Gasteiger partial charge in [0, 0.05) is 6.07 Å². The largest absolute Gasteiger partial charge is 0.505 e. The zero-order valence-electron chi connectivity index (χ0n) is 7.51. The Morgan fingerprint density at radius 2 is 1.92 bits per heavy atom. The lowest BCUT2D eigenvalue weighted by Crippen LogP contribution is -1.95. The fourth-order valence-electron chi connectivity index (χ4n) is 1.11. The molecule has 66 valence electrons. The fraction of sp³-hybridized carbons (Fsp3) is 0.333. The van der Waals surface area contributed by atoms with Gasteiger partial charge in [0.2, 0.25) is 0 Å². The highest BCUT2D eigenvalue weighted by molar-refractivity contribution is 5.62. The summed E-state index contributed by atoms with van der Waals surface area (Å²) in [5, 5.41) is 9.43. The van der Waals surface area contributed by atoms with E-state index in [0.717, 1.165) is 11.1 Å². The van der Waals surface area contributed by atoms with Crippen LogP contribution >= 0.6 is 0 Å². The van der Waals surface area contributed by atoms with Crippen LogP contribution in [-0.4, -0.2) is 12.2 Å². The summed E-state index contributed by atoms with van der Waals surface area (Å²) in [6.07, 6.45) is 0. The van der Waals surface area contributed by atoms with E-state index in [9.17, 15) is 5.11 Å². The predicted molar refractivity (Wildman–Crippen MR) is 48.5 cm³/mol. The third-order valence-electron chi connectivity index (χ3n) is 2.07. The number of rotatable bonds is 1. The Hall–Kier alpha value is -1.38. The minimum Gasteiger partial charge on any atom is -0.505 e. The second-order valence-electron chi connectivity index (χ2n) is 2.77. The summed E-state index contributed by atoms with van der Waals surface area (Å²) >= 11 is 0. The lowest BCUT2D eigenvalue weighted by Gasteiger charge is -2.10. The summed E-state index contributed by atoms with van der Waals surface area (Å²) in [6, 6.07) is 1.62. The van der Waals surface area contributed by atoms with Gasteiger partial charge in [-0.1, -0.05) is 0 Å². The standard InChI is InChI=1S/C9H13NO2/c1-5-6(2)9(11)7(10)4-8(5)12-3/h4,11H,10H2,1-3H3. The van der Waals surface area contributed by atoms with Crippen molar-refractivity contribution in [2.45, 2.75) is 13.8 Å². The van der Waals surface area contributed by atoms with E-state index < -0.39 is 0 Å². The van der Waals surface area contributed by atoms with Crippen molar-refractivity contribution in [1.82, 2.24) is 0 Å². The first kappa shape index (κ1) is 8.71. The zero-order valence-corrected chi connectivity index (χ0v) is 7.51. The molecule has 12 heavy (non-hydrogen) atoms. The van der Waals surface area contributed by atoms with Crippen LogP contribution in [0, 0.1) is 13.8 Å². The lowest BCUT2D eigenvalue weighted by molar-refractivity contribution is 0.408. The average Bonchev–Trinajstić information content (AvgIpc) is 2.08. The van der Waals surface area contributed by atoms with Gasteiger partial charge in [-0.15, -0.1) is 0 Å². The molecule has 3 nitrogen and oxygen atoms in total. The molecule has 1 aromatic rings. The van der Waals surface area contributed by atoms with Gasteiger partial charge in [-0.05, 0) is 25.0 Å². The Morgan fingerprint density at radius 3 is 2.42 bits per heavy atom. The van der Waals surface area contributed by atoms with Gasteiger partial charge in [0.15, 0.2) is 0 Å². The molecule has 0 bridgehead atoms. The van der Waals surface area contributed by atoms with Crippen molar-refractivity contribution in [3.05, 3.63) is 17.2 Å². The molecule has 3 heteroatoms. The number of benzene rings is 1. The number of hydrogen-bond donors (Lipinski definition) is 2. The van der Waals surface area contributed by atoms with Crippen LogP contribution in [0.1, 0.15) is 11.1 Å². The topological polar surface area (TPSA) is 55.5 Å². The molecular weight excluding hydrogens is 154 g/mol. The Morgan fingerprint density at radius 1 is 1.33 bits per heavy atom. The van der Waals surface area contributed by atoms with E-state index in [4.69, 9.17) is 10.5 Å². The summed E-state index contributed by atoms with van der Waals surface area (Å²) in [6.45, 7) is 3.69. The molecule has 0 saturated carbocycles. The molecular formula is C9H13NO2. The van der Waals surface area contributed by atoms with Crippen molar-refractivity contribution >= 4 is 5.69 Å². The average molecular weight is 167 g/mol. The maximum atomic E-state index is 9.43. The lowest BCUT2D eigenvalue weighted by atomic mass is 10.1. The highest BCUT2D eigenvalue weighted by atomic mass is 16.5. The number of methoxy groups -OCH3 is 1. The molecule has 0 aliphatic rings. The van der Waals surface area contributed by atoms with E-state index in [1.54, 1.807) is 13.2 Å². The van der Waals surface area contributed by atoms with Gasteiger partial charge < -0.3 is 15.6 Å². The van der Waals surface area contributed by atoms with Gasteiger partial charge in [-0.3, -0.25) is 0 Å². The van der Waals surface area contributed by atoms with Gasteiger partial charge in [0.1, 0.15) is 11.5 Å². The first-order chi connectivity index (χ1) is 5.57. The smallest absolute Gasteiger partial charge is 0.141 e. The first-order valence-electron chi connectivity index (χ1n) is 3.70. The minimum atomic E-state index is 0.147. The molecule has 0 aliphatic carbocycles. The summed E-state index contributed by atoms with van der Waals surface area (Å²) in [7, 11) is 1.58. The quantitative estimate of drug-likeness (QED) is 0.493. The second kappa shape index (κ2) is 2.93. The Bertz CT molecular complexity index is 308. The van der Waals surface area contributed by atoms with E-state index in [-0.39, 0.29) is 5.75 Å². The van der Waals surface area contributed by atoms with Crippen molar-refractivity contribution in [3.8, 4) is 11.5 Å². The molecule has 0 aromatic heterocycles. The number of phenolic OH excluding ortho intramolecular Hbond substituents is 1. The van der Waals surface area contributed by atoms with Crippen LogP contribution in [0.15, 0.2) is 6.07 Å². The Labute approximate surface area is 71.8 Å². The van der Waals surface area contributed by atoms with E-state index in [2.05, 4.69) is 0 Å². The van der Waals surface area contributed by atoms with Gasteiger partial charge >= 0.3 is 0 Å². The molecule has 0 fully saturated rings. The van der Waals surface area contributed by atoms with Gasteiger partial charge in [-0.2, -0.15) is 0 Å². The third-order valence-corrected chi connectivity index (χ3v) is 2.07. The first-order valence-corrected chi connectivity index (χ1v) is 3.70. The molecule has 0 amide bonds. The van der Waals surface area contributed by atoms with Gasteiger partial charge in [0.05, 0.1) is 12.8 Å². The van der Waals surface area contributed by atoms with Crippen molar-refractivity contribution in [2.75, 3.05) is 12.8 Å². The molecule has 3 N–H and O–H groups in total. The monoisotopic (exact) mass is 167 g/mol. The van der Waals surface area contributed by atoms with Crippen LogP contribution in [0.3, 0.4) is 0 Å². The second-order valence-corrected chi connectivity index (χ2v) is 2.77. The summed E-state index contributed by atoms with van der Waals surface area (Å²) in [4.78, 5) is 0.